The van der Waals surface area contributed by atoms with Crippen molar-refractivity contribution in [2.75, 3.05) is 0 Å². The Hall–Kier alpha value is -0.0500. The molecule has 0 heterocycles. The summed E-state index contributed by atoms with van der Waals surface area (Å²) < 4.78 is 1.29. The number of rotatable bonds is 0. The SMILES string of the molecule is CC.CC.Ic1ccccc1. The second-order valence-corrected chi connectivity index (χ2v) is 2.54. The van der Waals surface area contributed by atoms with E-state index in [0.717, 1.165) is 0 Å². The second kappa shape index (κ2) is 12.6. The third kappa shape index (κ3) is 9.95. The summed E-state index contributed by atoms with van der Waals surface area (Å²) in [6.07, 6.45) is 0. The fourth-order valence-electron chi connectivity index (χ4n) is 0.415. The third-order valence-electron chi connectivity index (χ3n) is 0.733. The fourth-order valence-corrected chi connectivity index (χ4v) is 0.830. The summed E-state index contributed by atoms with van der Waals surface area (Å²) in [7, 11) is 0. The molecular weight excluding hydrogens is 247 g/mol. The van der Waals surface area contributed by atoms with Gasteiger partial charge in [-0.2, -0.15) is 0 Å². The first-order valence-corrected chi connectivity index (χ1v) is 5.18. The summed E-state index contributed by atoms with van der Waals surface area (Å²) in [4.78, 5) is 0. The minimum Gasteiger partial charge on any atom is -0.0683 e. The molecule has 0 N–H and O–H groups in total. The molecule has 0 radical (unpaired) electrons. The Labute approximate surface area is 84.2 Å². The van der Waals surface area contributed by atoms with E-state index in [2.05, 4.69) is 34.7 Å². The molecule has 64 valence electrons. The lowest BCUT2D eigenvalue weighted by atomic mass is 10.4. The van der Waals surface area contributed by atoms with Crippen LogP contribution in [0.5, 0.6) is 0 Å². The van der Waals surface area contributed by atoms with Crippen LogP contribution in [0.15, 0.2) is 30.3 Å². The predicted octanol–water partition coefficient (Wildman–Crippen LogP) is 4.34. The quantitative estimate of drug-likeness (QED) is 0.611. The van der Waals surface area contributed by atoms with E-state index in [0.29, 0.717) is 0 Å². The number of halogens is 1. The van der Waals surface area contributed by atoms with Gasteiger partial charge in [-0.05, 0) is 34.7 Å². The molecule has 0 unspecified atom stereocenters. The molecule has 1 aromatic carbocycles. The summed E-state index contributed by atoms with van der Waals surface area (Å²) in [5.41, 5.74) is 0. The molecular formula is C10H17I. The van der Waals surface area contributed by atoms with Crippen LogP contribution in [-0.4, -0.2) is 0 Å². The van der Waals surface area contributed by atoms with E-state index in [4.69, 9.17) is 0 Å². The first-order valence-electron chi connectivity index (χ1n) is 4.10. The molecule has 1 rings (SSSR count). The van der Waals surface area contributed by atoms with Crippen molar-refractivity contribution in [3.05, 3.63) is 33.9 Å². The molecule has 0 nitrogen and oxygen atoms in total. The highest BCUT2D eigenvalue weighted by molar-refractivity contribution is 14.1. The number of benzene rings is 1. The van der Waals surface area contributed by atoms with E-state index in [1.54, 1.807) is 0 Å². The van der Waals surface area contributed by atoms with Gasteiger partial charge in [-0.25, -0.2) is 0 Å². The van der Waals surface area contributed by atoms with Crippen LogP contribution < -0.4 is 0 Å². The van der Waals surface area contributed by atoms with Crippen molar-refractivity contribution in [3.8, 4) is 0 Å². The lowest BCUT2D eigenvalue weighted by Crippen LogP contribution is -1.61. The highest BCUT2D eigenvalue weighted by Crippen LogP contribution is 1.99. The molecule has 0 fully saturated rings. The highest BCUT2D eigenvalue weighted by Gasteiger charge is 1.74. The molecule has 0 atom stereocenters. The Morgan fingerprint density at radius 1 is 0.818 bits per heavy atom. The number of hydrogen-bond donors (Lipinski definition) is 0. The topological polar surface area (TPSA) is 0 Å². The van der Waals surface area contributed by atoms with Crippen LogP contribution in [0, 0.1) is 3.57 Å². The van der Waals surface area contributed by atoms with Crippen LogP contribution >= 0.6 is 22.6 Å². The molecule has 0 aliphatic carbocycles. The van der Waals surface area contributed by atoms with Gasteiger partial charge in [0.1, 0.15) is 0 Å². The van der Waals surface area contributed by atoms with Crippen molar-refractivity contribution in [2.24, 2.45) is 0 Å². The van der Waals surface area contributed by atoms with Gasteiger partial charge < -0.3 is 0 Å². The fraction of sp³-hybridized carbons (Fsp3) is 0.400. The predicted molar refractivity (Wildman–Crippen MR) is 61.9 cm³/mol. The van der Waals surface area contributed by atoms with Gasteiger partial charge in [0.05, 0.1) is 0 Å². The summed E-state index contributed by atoms with van der Waals surface area (Å²) in [6, 6.07) is 10.2. The van der Waals surface area contributed by atoms with Gasteiger partial charge in [-0.1, -0.05) is 45.9 Å². The van der Waals surface area contributed by atoms with Gasteiger partial charge in [0, 0.05) is 3.57 Å². The molecule has 0 aliphatic rings. The Balaban J connectivity index is 0. The van der Waals surface area contributed by atoms with Crippen LogP contribution in [0.4, 0.5) is 0 Å². The lowest BCUT2D eigenvalue weighted by molar-refractivity contribution is 1.50. The van der Waals surface area contributed by atoms with Gasteiger partial charge in [-0.3, -0.25) is 0 Å². The summed E-state index contributed by atoms with van der Waals surface area (Å²) in [5.74, 6) is 0. The Kier molecular flexibility index (Phi) is 15.5. The van der Waals surface area contributed by atoms with Crippen molar-refractivity contribution in [1.82, 2.24) is 0 Å². The van der Waals surface area contributed by atoms with Gasteiger partial charge in [-0.15, -0.1) is 0 Å². The van der Waals surface area contributed by atoms with Gasteiger partial charge >= 0.3 is 0 Å². The van der Waals surface area contributed by atoms with Crippen LogP contribution in [0.25, 0.3) is 0 Å². The van der Waals surface area contributed by atoms with E-state index < -0.39 is 0 Å². The Morgan fingerprint density at radius 2 is 1.18 bits per heavy atom. The molecule has 0 spiro atoms. The standard InChI is InChI=1S/C6H5I.2C2H6/c7-6-4-2-1-3-5-6;2*1-2/h1-5H;2*1-2H3. The number of hydrogen-bond acceptors (Lipinski definition) is 0. The first kappa shape index (κ1) is 13.5. The molecule has 1 aromatic rings. The van der Waals surface area contributed by atoms with Gasteiger partial charge in [0.25, 0.3) is 0 Å². The largest absolute Gasteiger partial charge is 0.0683 e. The molecule has 0 aromatic heterocycles. The van der Waals surface area contributed by atoms with E-state index >= 15 is 0 Å². The molecule has 0 saturated heterocycles. The van der Waals surface area contributed by atoms with Crippen molar-refractivity contribution in [2.45, 2.75) is 27.7 Å². The zero-order valence-electron chi connectivity index (χ0n) is 7.76. The smallest absolute Gasteiger partial charge is 0.0130 e. The first-order chi connectivity index (χ1) is 5.39. The average molecular weight is 264 g/mol. The molecule has 0 saturated carbocycles. The van der Waals surface area contributed by atoms with Crippen LogP contribution in [-0.2, 0) is 0 Å². The van der Waals surface area contributed by atoms with Crippen molar-refractivity contribution >= 4 is 22.6 Å². The van der Waals surface area contributed by atoms with Crippen molar-refractivity contribution in [1.29, 1.82) is 0 Å². The highest BCUT2D eigenvalue weighted by atomic mass is 127. The molecule has 11 heavy (non-hydrogen) atoms. The second-order valence-electron chi connectivity index (χ2n) is 1.30. The monoisotopic (exact) mass is 264 g/mol. The van der Waals surface area contributed by atoms with Crippen LogP contribution in [0.3, 0.4) is 0 Å². The van der Waals surface area contributed by atoms with Crippen molar-refractivity contribution < 1.29 is 0 Å². The Morgan fingerprint density at radius 3 is 1.36 bits per heavy atom. The maximum absolute atomic E-state index is 2.28. The lowest BCUT2D eigenvalue weighted by Gasteiger charge is -1.80. The molecule has 0 amide bonds. The van der Waals surface area contributed by atoms with Crippen LogP contribution in [0.1, 0.15) is 27.7 Å². The minimum atomic E-state index is 1.29. The zero-order valence-corrected chi connectivity index (χ0v) is 9.92. The van der Waals surface area contributed by atoms with Gasteiger partial charge in [0.15, 0.2) is 0 Å². The average Bonchev–Trinajstić information content (AvgIpc) is 2.13. The zero-order chi connectivity index (χ0) is 9.11. The van der Waals surface area contributed by atoms with Gasteiger partial charge in [0.2, 0.25) is 0 Å². The van der Waals surface area contributed by atoms with Crippen LogP contribution in [0.2, 0.25) is 0 Å². The maximum atomic E-state index is 2.28. The van der Waals surface area contributed by atoms with Crippen molar-refractivity contribution in [3.63, 3.8) is 0 Å². The van der Waals surface area contributed by atoms with E-state index in [1.807, 2.05) is 45.9 Å². The minimum absolute atomic E-state index is 1.29. The van der Waals surface area contributed by atoms with E-state index in [9.17, 15) is 0 Å². The normalized spacial score (nSPS) is 6.64. The van der Waals surface area contributed by atoms with E-state index in [1.165, 1.54) is 3.57 Å². The maximum Gasteiger partial charge on any atom is 0.0130 e. The summed E-state index contributed by atoms with van der Waals surface area (Å²) in [5, 5.41) is 0. The summed E-state index contributed by atoms with van der Waals surface area (Å²) in [6.45, 7) is 8.00. The Bertz CT molecular complexity index is 135. The molecule has 0 aliphatic heterocycles. The van der Waals surface area contributed by atoms with E-state index in [-0.39, 0.29) is 0 Å². The molecule has 0 bridgehead atoms. The summed E-state index contributed by atoms with van der Waals surface area (Å²) >= 11 is 2.28. The third-order valence-corrected chi connectivity index (χ3v) is 1.45. The molecule has 1 heteroatoms.